The molecule has 2 N–H and O–H groups in total. The maximum Gasteiger partial charge on any atom is 0.320 e. The summed E-state index contributed by atoms with van der Waals surface area (Å²) in [5, 5.41) is 0.609. The van der Waals surface area contributed by atoms with Crippen molar-refractivity contribution in [3.05, 3.63) is 53.8 Å². The summed E-state index contributed by atoms with van der Waals surface area (Å²) in [6, 6.07) is 11.3. The number of fused-ring (bicyclic) bond motifs is 1. The third-order valence-corrected chi connectivity index (χ3v) is 6.07. The van der Waals surface area contributed by atoms with E-state index >= 15 is 0 Å². The Morgan fingerprint density at radius 3 is 2.66 bits per heavy atom. The highest BCUT2D eigenvalue weighted by molar-refractivity contribution is 6.30. The van der Waals surface area contributed by atoms with Crippen LogP contribution in [0.25, 0.3) is 5.65 Å². The second kappa shape index (κ2) is 10.1. The van der Waals surface area contributed by atoms with Crippen molar-refractivity contribution in [1.29, 1.82) is 0 Å². The van der Waals surface area contributed by atoms with E-state index in [1.165, 1.54) is 4.90 Å². The van der Waals surface area contributed by atoms with E-state index in [2.05, 4.69) is 20.9 Å². The first-order chi connectivity index (χ1) is 15.5. The number of primary amides is 1. The van der Waals surface area contributed by atoms with Gasteiger partial charge >= 0.3 is 6.03 Å². The number of methoxy groups -OCH3 is 1. The number of rotatable bonds is 8. The fourth-order valence-electron chi connectivity index (χ4n) is 4.13. The molecule has 32 heavy (non-hydrogen) atoms. The summed E-state index contributed by atoms with van der Waals surface area (Å²) in [4.78, 5) is 22.9. The number of urea groups is 1. The number of aromatic nitrogens is 2. The van der Waals surface area contributed by atoms with Crippen LogP contribution in [0.15, 0.2) is 48.8 Å². The minimum atomic E-state index is -0.495. The van der Waals surface area contributed by atoms with Gasteiger partial charge in [0.15, 0.2) is 5.82 Å². The molecule has 0 bridgehead atoms. The van der Waals surface area contributed by atoms with Gasteiger partial charge in [-0.1, -0.05) is 23.7 Å². The number of unbranched alkanes of at least 4 members (excludes halogenated alkanes) is 1. The number of hydrogen-bond donors (Lipinski definition) is 1. The number of amides is 2. The molecule has 9 heteroatoms. The number of hydrogen-bond acceptors (Lipinski definition) is 5. The summed E-state index contributed by atoms with van der Waals surface area (Å²) in [5.74, 6) is 1.46. The van der Waals surface area contributed by atoms with Gasteiger partial charge in [-0.3, -0.25) is 9.80 Å². The van der Waals surface area contributed by atoms with Crippen molar-refractivity contribution in [2.45, 2.75) is 12.8 Å². The predicted molar refractivity (Wildman–Crippen MR) is 128 cm³/mol. The molecule has 1 aliphatic rings. The second-order valence-corrected chi connectivity index (χ2v) is 8.35. The smallest absolute Gasteiger partial charge is 0.320 e. The van der Waals surface area contributed by atoms with Crippen molar-refractivity contribution in [2.75, 3.05) is 56.2 Å². The molecule has 0 radical (unpaired) electrons. The van der Waals surface area contributed by atoms with Gasteiger partial charge in [0.05, 0.1) is 24.0 Å². The lowest BCUT2D eigenvalue weighted by Gasteiger charge is -2.36. The van der Waals surface area contributed by atoms with Crippen LogP contribution in [0.1, 0.15) is 12.8 Å². The Morgan fingerprint density at radius 1 is 1.12 bits per heavy atom. The summed E-state index contributed by atoms with van der Waals surface area (Å²) >= 11 is 6.04. The summed E-state index contributed by atoms with van der Waals surface area (Å²) in [5.41, 5.74) is 7.50. The number of nitrogens with zero attached hydrogens (tertiary/aromatic N) is 5. The van der Waals surface area contributed by atoms with E-state index in [1.807, 2.05) is 24.3 Å². The molecule has 1 fully saturated rings. The SMILES string of the molecule is COc1ccccc1N1CCN(CCCCN(C(N)=O)c2cn3cc(Cl)ccc3n2)CC1. The van der Waals surface area contributed by atoms with Gasteiger partial charge in [0.25, 0.3) is 0 Å². The van der Waals surface area contributed by atoms with Gasteiger partial charge in [0, 0.05) is 38.9 Å². The second-order valence-electron chi connectivity index (χ2n) is 7.91. The quantitative estimate of drug-likeness (QED) is 0.525. The molecular weight excluding hydrogens is 428 g/mol. The van der Waals surface area contributed by atoms with Gasteiger partial charge < -0.3 is 19.8 Å². The normalized spacial score (nSPS) is 14.6. The molecule has 3 aromatic rings. The molecule has 0 unspecified atom stereocenters. The summed E-state index contributed by atoms with van der Waals surface area (Å²) in [7, 11) is 1.71. The monoisotopic (exact) mass is 456 g/mol. The zero-order valence-electron chi connectivity index (χ0n) is 18.3. The number of pyridine rings is 1. The van der Waals surface area contributed by atoms with Crippen molar-refractivity contribution < 1.29 is 9.53 Å². The lowest BCUT2D eigenvalue weighted by molar-refractivity contribution is 0.248. The molecule has 1 aliphatic heterocycles. The number of anilines is 2. The number of imidazole rings is 1. The first-order valence-electron chi connectivity index (χ1n) is 10.9. The van der Waals surface area contributed by atoms with Crippen molar-refractivity contribution in [3.63, 3.8) is 0 Å². The van der Waals surface area contributed by atoms with Gasteiger partial charge in [-0.05, 0) is 43.7 Å². The van der Waals surface area contributed by atoms with E-state index in [1.54, 1.807) is 30.0 Å². The topological polar surface area (TPSA) is 79.3 Å². The maximum atomic E-state index is 12.0. The van der Waals surface area contributed by atoms with Gasteiger partial charge in [0.2, 0.25) is 0 Å². The fraction of sp³-hybridized carbons (Fsp3) is 0.391. The zero-order valence-corrected chi connectivity index (χ0v) is 19.0. The van der Waals surface area contributed by atoms with Gasteiger partial charge in [-0.2, -0.15) is 0 Å². The minimum Gasteiger partial charge on any atom is -0.495 e. The van der Waals surface area contributed by atoms with Gasteiger partial charge in [-0.15, -0.1) is 0 Å². The number of carbonyl (C=O) groups is 1. The number of halogens is 1. The van der Waals surface area contributed by atoms with E-state index in [-0.39, 0.29) is 0 Å². The molecule has 0 saturated carbocycles. The Labute approximate surface area is 193 Å². The van der Waals surface area contributed by atoms with Crippen molar-refractivity contribution in [1.82, 2.24) is 14.3 Å². The summed E-state index contributed by atoms with van der Waals surface area (Å²) < 4.78 is 7.30. The number of piperazine rings is 1. The van der Waals surface area contributed by atoms with Crippen molar-refractivity contribution in [3.8, 4) is 5.75 Å². The number of nitrogens with two attached hydrogens (primary N) is 1. The van der Waals surface area contributed by atoms with Crippen LogP contribution in [0, 0.1) is 0 Å². The highest BCUT2D eigenvalue weighted by atomic mass is 35.5. The van der Waals surface area contributed by atoms with Crippen LogP contribution in [0.3, 0.4) is 0 Å². The molecule has 2 amide bonds. The number of para-hydroxylation sites is 2. The number of ether oxygens (including phenoxy) is 1. The Bertz CT molecular complexity index is 1060. The van der Waals surface area contributed by atoms with E-state index in [0.29, 0.717) is 17.4 Å². The first-order valence-corrected chi connectivity index (χ1v) is 11.2. The molecule has 0 spiro atoms. The van der Waals surface area contributed by atoms with Crippen LogP contribution < -0.4 is 20.3 Å². The average Bonchev–Trinajstić information content (AvgIpc) is 3.21. The Morgan fingerprint density at radius 2 is 1.91 bits per heavy atom. The minimum absolute atomic E-state index is 0.495. The van der Waals surface area contributed by atoms with Gasteiger partial charge in [0.1, 0.15) is 11.4 Å². The molecule has 1 saturated heterocycles. The molecular formula is C23H29ClN6O2. The van der Waals surface area contributed by atoms with Crippen LogP contribution >= 0.6 is 11.6 Å². The van der Waals surface area contributed by atoms with Crippen LogP contribution in [0.4, 0.5) is 16.3 Å². The zero-order chi connectivity index (χ0) is 22.5. The molecule has 170 valence electrons. The van der Waals surface area contributed by atoms with Crippen LogP contribution in [-0.4, -0.2) is 66.7 Å². The highest BCUT2D eigenvalue weighted by Gasteiger charge is 2.20. The predicted octanol–water partition coefficient (Wildman–Crippen LogP) is 3.48. The Balaban J connectivity index is 1.25. The van der Waals surface area contributed by atoms with Crippen molar-refractivity contribution >= 4 is 34.8 Å². The van der Waals surface area contributed by atoms with E-state index < -0.39 is 6.03 Å². The molecule has 8 nitrogen and oxygen atoms in total. The average molecular weight is 457 g/mol. The fourth-order valence-corrected chi connectivity index (χ4v) is 4.30. The lowest BCUT2D eigenvalue weighted by atomic mass is 10.2. The third kappa shape index (κ3) is 5.08. The lowest BCUT2D eigenvalue weighted by Crippen LogP contribution is -2.46. The summed E-state index contributed by atoms with van der Waals surface area (Å²) in [6.45, 7) is 5.48. The summed E-state index contributed by atoms with van der Waals surface area (Å²) in [6.07, 6.45) is 5.38. The number of carbonyl (C=O) groups excluding carboxylic acids is 1. The highest BCUT2D eigenvalue weighted by Crippen LogP contribution is 2.28. The molecule has 1 aromatic carbocycles. The maximum absolute atomic E-state index is 12.0. The van der Waals surface area contributed by atoms with Gasteiger partial charge in [-0.25, -0.2) is 9.78 Å². The molecule has 0 aliphatic carbocycles. The van der Waals surface area contributed by atoms with E-state index in [0.717, 1.165) is 62.6 Å². The van der Waals surface area contributed by atoms with Crippen LogP contribution in [0.5, 0.6) is 5.75 Å². The van der Waals surface area contributed by atoms with E-state index in [4.69, 9.17) is 22.1 Å². The largest absolute Gasteiger partial charge is 0.495 e. The molecule has 0 atom stereocenters. The van der Waals surface area contributed by atoms with Crippen LogP contribution in [-0.2, 0) is 0 Å². The van der Waals surface area contributed by atoms with E-state index in [9.17, 15) is 4.79 Å². The van der Waals surface area contributed by atoms with Crippen LogP contribution in [0.2, 0.25) is 5.02 Å². The first kappa shape index (κ1) is 22.2. The Hall–Kier alpha value is -2.97. The molecule has 3 heterocycles. The third-order valence-electron chi connectivity index (χ3n) is 5.85. The standard InChI is InChI=1S/C23H29ClN6O2/c1-32-20-7-3-2-6-19(20)28-14-12-27(13-15-28)10-4-5-11-30(23(25)31)22-17-29-16-18(24)8-9-21(29)26-22/h2-3,6-9,16-17H,4-5,10-15H2,1H3,(H2,25,31). The number of benzene rings is 1. The Kier molecular flexibility index (Phi) is 7.02. The van der Waals surface area contributed by atoms with Crippen molar-refractivity contribution in [2.24, 2.45) is 5.73 Å². The molecule has 4 rings (SSSR count). The molecule has 2 aromatic heterocycles.